The van der Waals surface area contributed by atoms with Crippen LogP contribution >= 0.6 is 15.8 Å². The molecule has 0 rings (SSSR count). The minimum Gasteiger partial charge on any atom is -0.0947 e. The smallest absolute Gasteiger partial charge is 0.00218 e. The third-order valence-corrected chi connectivity index (χ3v) is 11.8. The molecule has 0 heterocycles. The van der Waals surface area contributed by atoms with E-state index in [1.54, 1.807) is 0 Å². The Morgan fingerprint density at radius 2 is 0.909 bits per heavy atom. The van der Waals surface area contributed by atoms with Gasteiger partial charge in [0.1, 0.15) is 0 Å². The number of allylic oxidation sites excluding steroid dienone is 1. The SMILES string of the molecule is C=C(C(C)P(C(C)(C)C)C(C)(C)C)P(C(C)(C)C)C(C)(C)C. The largest absolute Gasteiger partial charge is 0.0947 e. The summed E-state index contributed by atoms with van der Waals surface area (Å²) in [5, 5.41) is 2.87. The van der Waals surface area contributed by atoms with Crippen LogP contribution in [0.2, 0.25) is 0 Å². The van der Waals surface area contributed by atoms with Crippen LogP contribution in [-0.4, -0.2) is 26.3 Å². The number of hydrogen-bond donors (Lipinski definition) is 0. The van der Waals surface area contributed by atoms with Crippen molar-refractivity contribution in [3.8, 4) is 0 Å². The van der Waals surface area contributed by atoms with E-state index in [-0.39, 0.29) is 15.8 Å². The molecule has 132 valence electrons. The van der Waals surface area contributed by atoms with Gasteiger partial charge in [-0.1, -0.05) is 112 Å². The Balaban J connectivity index is 5.84. The van der Waals surface area contributed by atoms with Crippen molar-refractivity contribution in [2.45, 2.75) is 116 Å². The average Bonchev–Trinajstić information content (AvgIpc) is 2.06. The summed E-state index contributed by atoms with van der Waals surface area (Å²) in [7, 11) is -0.402. The molecule has 22 heavy (non-hydrogen) atoms. The molecule has 0 saturated carbocycles. The van der Waals surface area contributed by atoms with Gasteiger partial charge >= 0.3 is 0 Å². The van der Waals surface area contributed by atoms with Crippen LogP contribution in [0.25, 0.3) is 0 Å². The molecule has 0 aromatic rings. The van der Waals surface area contributed by atoms with Crippen LogP contribution in [0.1, 0.15) is 90.0 Å². The number of rotatable bonds is 3. The Morgan fingerprint density at radius 3 is 1.09 bits per heavy atom. The van der Waals surface area contributed by atoms with E-state index in [2.05, 4.69) is 96.6 Å². The first-order valence-corrected chi connectivity index (χ1v) is 11.3. The maximum atomic E-state index is 4.68. The molecule has 0 saturated heterocycles. The average molecular weight is 345 g/mol. The zero-order chi connectivity index (χ0) is 18.3. The Morgan fingerprint density at radius 1 is 0.636 bits per heavy atom. The van der Waals surface area contributed by atoms with Crippen molar-refractivity contribution < 1.29 is 0 Å². The van der Waals surface area contributed by atoms with Crippen LogP contribution in [-0.2, 0) is 0 Å². The van der Waals surface area contributed by atoms with E-state index in [0.29, 0.717) is 26.3 Å². The summed E-state index contributed by atoms with van der Waals surface area (Å²) in [6, 6.07) is 0. The van der Waals surface area contributed by atoms with Gasteiger partial charge in [0.2, 0.25) is 0 Å². The second-order valence-electron chi connectivity index (χ2n) is 10.6. The molecular formula is C20H42P2. The molecule has 1 unspecified atom stereocenters. The third kappa shape index (κ3) is 5.91. The van der Waals surface area contributed by atoms with Crippen molar-refractivity contribution in [1.29, 1.82) is 0 Å². The highest BCUT2D eigenvalue weighted by Crippen LogP contribution is 2.72. The molecule has 0 amide bonds. The monoisotopic (exact) mass is 344 g/mol. The van der Waals surface area contributed by atoms with Gasteiger partial charge in [-0.25, -0.2) is 0 Å². The summed E-state index contributed by atoms with van der Waals surface area (Å²) in [6.45, 7) is 36.1. The van der Waals surface area contributed by atoms with Gasteiger partial charge in [-0.2, -0.15) is 0 Å². The summed E-state index contributed by atoms with van der Waals surface area (Å²) in [4.78, 5) is 0. The topological polar surface area (TPSA) is 0 Å². The highest BCUT2D eigenvalue weighted by atomic mass is 31.1. The van der Waals surface area contributed by atoms with E-state index in [4.69, 9.17) is 0 Å². The van der Waals surface area contributed by atoms with Crippen molar-refractivity contribution in [3.63, 3.8) is 0 Å². The molecule has 0 aliphatic heterocycles. The first-order valence-electron chi connectivity index (χ1n) is 8.60. The van der Waals surface area contributed by atoms with E-state index in [1.807, 2.05) is 0 Å². The van der Waals surface area contributed by atoms with Crippen molar-refractivity contribution in [1.82, 2.24) is 0 Å². The van der Waals surface area contributed by atoms with Gasteiger partial charge in [0.25, 0.3) is 0 Å². The molecule has 2 heteroatoms. The molecule has 0 radical (unpaired) electrons. The lowest BCUT2D eigenvalue weighted by atomic mass is 10.2. The van der Waals surface area contributed by atoms with Gasteiger partial charge in [0, 0.05) is 5.66 Å². The first kappa shape index (κ1) is 22.6. The predicted octanol–water partition coefficient (Wildman–Crippen LogP) is 8.05. The van der Waals surface area contributed by atoms with E-state index < -0.39 is 0 Å². The lowest BCUT2D eigenvalue weighted by molar-refractivity contribution is 0.690. The van der Waals surface area contributed by atoms with Gasteiger partial charge in [0.05, 0.1) is 0 Å². The summed E-state index contributed by atoms with van der Waals surface area (Å²) in [6.07, 6.45) is 0. The lowest BCUT2D eigenvalue weighted by Crippen LogP contribution is -2.34. The van der Waals surface area contributed by atoms with Crippen molar-refractivity contribution in [2.75, 3.05) is 0 Å². The van der Waals surface area contributed by atoms with E-state index in [1.165, 1.54) is 5.31 Å². The van der Waals surface area contributed by atoms with E-state index >= 15 is 0 Å². The Hall–Kier alpha value is 0.600. The minimum atomic E-state index is -0.248. The van der Waals surface area contributed by atoms with Gasteiger partial charge in [0.15, 0.2) is 0 Å². The van der Waals surface area contributed by atoms with Crippen LogP contribution in [0.4, 0.5) is 0 Å². The van der Waals surface area contributed by atoms with Gasteiger partial charge in [-0.3, -0.25) is 0 Å². The zero-order valence-corrected chi connectivity index (χ0v) is 19.5. The molecule has 0 N–H and O–H groups in total. The molecule has 0 aliphatic rings. The maximum absolute atomic E-state index is 4.68. The van der Waals surface area contributed by atoms with Crippen LogP contribution in [0.3, 0.4) is 0 Å². The summed E-state index contributed by atoms with van der Waals surface area (Å²) < 4.78 is 0. The highest BCUT2D eigenvalue weighted by molar-refractivity contribution is 7.68. The summed E-state index contributed by atoms with van der Waals surface area (Å²) in [5.41, 5.74) is 0.611. The second-order valence-corrected chi connectivity index (χ2v) is 18.7. The Labute approximate surface area is 144 Å². The molecule has 0 aliphatic carbocycles. The molecule has 0 aromatic carbocycles. The fourth-order valence-electron chi connectivity index (χ4n) is 4.37. The van der Waals surface area contributed by atoms with Gasteiger partial charge < -0.3 is 0 Å². The van der Waals surface area contributed by atoms with Gasteiger partial charge in [-0.15, -0.1) is 0 Å². The molecule has 1 atom stereocenters. The molecule has 0 bridgehead atoms. The lowest BCUT2D eigenvalue weighted by Gasteiger charge is -2.51. The van der Waals surface area contributed by atoms with E-state index in [9.17, 15) is 0 Å². The fourth-order valence-corrected chi connectivity index (χ4v) is 13.8. The van der Waals surface area contributed by atoms with Crippen molar-refractivity contribution >= 4 is 15.8 Å². The standard InChI is InChI=1S/C20H42P2/c1-15(21(17(3,4)5)18(6,7)8)16(2)22(19(9,10)11)20(12,13)14/h16H,1H2,2-14H3. The van der Waals surface area contributed by atoms with E-state index in [0.717, 1.165) is 0 Å². The number of hydrogen-bond acceptors (Lipinski definition) is 0. The van der Waals surface area contributed by atoms with Crippen LogP contribution in [0, 0.1) is 0 Å². The van der Waals surface area contributed by atoms with Gasteiger partial charge in [-0.05, 0) is 25.9 Å². The second kappa shape index (κ2) is 6.84. The minimum absolute atomic E-state index is 0.153. The Kier molecular flexibility index (Phi) is 7.03. The quantitative estimate of drug-likeness (QED) is 0.454. The molecule has 0 fully saturated rings. The summed E-state index contributed by atoms with van der Waals surface area (Å²) in [5.74, 6) is 0. The molecule has 0 aromatic heterocycles. The van der Waals surface area contributed by atoms with Crippen molar-refractivity contribution in [3.05, 3.63) is 11.9 Å². The van der Waals surface area contributed by atoms with Crippen LogP contribution in [0.5, 0.6) is 0 Å². The Bertz CT molecular complexity index is 352. The van der Waals surface area contributed by atoms with Crippen molar-refractivity contribution in [2.24, 2.45) is 0 Å². The van der Waals surface area contributed by atoms with Crippen LogP contribution in [0.15, 0.2) is 11.9 Å². The molecular weight excluding hydrogens is 302 g/mol. The molecule has 0 spiro atoms. The third-order valence-electron chi connectivity index (χ3n) is 3.94. The van der Waals surface area contributed by atoms with Crippen LogP contribution < -0.4 is 0 Å². The normalized spacial score (nSPS) is 16.3. The highest BCUT2D eigenvalue weighted by Gasteiger charge is 2.44. The molecule has 0 nitrogen and oxygen atoms in total. The predicted molar refractivity (Wildman–Crippen MR) is 111 cm³/mol. The fraction of sp³-hybridized carbons (Fsp3) is 0.900. The summed E-state index contributed by atoms with van der Waals surface area (Å²) >= 11 is 0. The first-order chi connectivity index (χ1) is 9.31. The maximum Gasteiger partial charge on any atom is 0.00218 e. The zero-order valence-electron chi connectivity index (χ0n) is 17.7.